The summed E-state index contributed by atoms with van der Waals surface area (Å²) in [6, 6.07) is 22.1. The van der Waals surface area contributed by atoms with E-state index in [-0.39, 0.29) is 18.4 Å². The standard InChI is InChI=1S/C25H23ClN6O2/c26-19-10-11-23(32-17-27-16-30-32)22(14-19)31-24(33)15-29-21-9-5-4-8-20(21)25(34)28-13-12-18-6-2-1-3-7-18/h1-11,14,16-17,29H,12-13,15H2,(H,28,34)(H,31,33). The molecule has 0 spiro atoms. The van der Waals surface area contributed by atoms with Crippen LogP contribution in [0.2, 0.25) is 5.02 Å². The van der Waals surface area contributed by atoms with Crippen molar-refractivity contribution in [1.29, 1.82) is 0 Å². The van der Waals surface area contributed by atoms with Gasteiger partial charge in [0.25, 0.3) is 5.91 Å². The van der Waals surface area contributed by atoms with Crippen molar-refractivity contribution in [1.82, 2.24) is 20.1 Å². The lowest BCUT2D eigenvalue weighted by molar-refractivity contribution is -0.114. The van der Waals surface area contributed by atoms with Gasteiger partial charge in [-0.15, -0.1) is 0 Å². The highest BCUT2D eigenvalue weighted by molar-refractivity contribution is 6.31. The maximum Gasteiger partial charge on any atom is 0.253 e. The van der Waals surface area contributed by atoms with E-state index in [1.165, 1.54) is 17.3 Å². The first-order valence-corrected chi connectivity index (χ1v) is 11.1. The van der Waals surface area contributed by atoms with Gasteiger partial charge in [0.2, 0.25) is 5.91 Å². The zero-order chi connectivity index (χ0) is 23.8. The lowest BCUT2D eigenvalue weighted by Crippen LogP contribution is -2.28. The van der Waals surface area contributed by atoms with E-state index in [2.05, 4.69) is 26.0 Å². The number of para-hydroxylation sites is 1. The van der Waals surface area contributed by atoms with Gasteiger partial charge in [-0.1, -0.05) is 54.1 Å². The number of carbonyl (C=O) groups excluding carboxylic acids is 2. The number of halogens is 1. The molecule has 9 heteroatoms. The second-order valence-corrected chi connectivity index (χ2v) is 7.88. The monoisotopic (exact) mass is 474 g/mol. The van der Waals surface area contributed by atoms with Gasteiger partial charge < -0.3 is 16.0 Å². The van der Waals surface area contributed by atoms with E-state index in [1.807, 2.05) is 30.3 Å². The number of benzene rings is 3. The van der Waals surface area contributed by atoms with Crippen LogP contribution in [0.5, 0.6) is 0 Å². The molecule has 0 radical (unpaired) electrons. The molecule has 172 valence electrons. The summed E-state index contributed by atoms with van der Waals surface area (Å²) < 4.78 is 1.54. The second kappa shape index (κ2) is 11.1. The second-order valence-electron chi connectivity index (χ2n) is 7.44. The van der Waals surface area contributed by atoms with E-state index in [0.717, 1.165) is 12.0 Å². The molecule has 0 aliphatic carbocycles. The number of nitrogens with one attached hydrogen (secondary N) is 3. The third-order valence-corrected chi connectivity index (χ3v) is 5.29. The lowest BCUT2D eigenvalue weighted by atomic mass is 10.1. The normalized spacial score (nSPS) is 10.5. The molecule has 0 saturated heterocycles. The fourth-order valence-corrected chi connectivity index (χ4v) is 3.58. The highest BCUT2D eigenvalue weighted by Crippen LogP contribution is 2.24. The number of aromatic nitrogens is 3. The first kappa shape index (κ1) is 23.0. The van der Waals surface area contributed by atoms with Crippen LogP contribution in [0.3, 0.4) is 0 Å². The van der Waals surface area contributed by atoms with Gasteiger partial charge in [0.1, 0.15) is 12.7 Å². The highest BCUT2D eigenvalue weighted by atomic mass is 35.5. The summed E-state index contributed by atoms with van der Waals surface area (Å²) in [5, 5.41) is 13.4. The van der Waals surface area contributed by atoms with Crippen molar-refractivity contribution in [3.63, 3.8) is 0 Å². The van der Waals surface area contributed by atoms with Crippen molar-refractivity contribution in [2.75, 3.05) is 23.7 Å². The van der Waals surface area contributed by atoms with Crippen molar-refractivity contribution in [2.24, 2.45) is 0 Å². The predicted molar refractivity (Wildman–Crippen MR) is 132 cm³/mol. The maximum atomic E-state index is 12.7. The largest absolute Gasteiger partial charge is 0.376 e. The SMILES string of the molecule is O=C(CNc1ccccc1C(=O)NCCc1ccccc1)Nc1cc(Cl)ccc1-n1cncn1. The van der Waals surface area contributed by atoms with E-state index in [0.29, 0.717) is 34.2 Å². The minimum atomic E-state index is -0.303. The molecule has 3 aromatic carbocycles. The Morgan fingerprint density at radius 1 is 0.941 bits per heavy atom. The molecule has 0 aliphatic heterocycles. The minimum Gasteiger partial charge on any atom is -0.376 e. The summed E-state index contributed by atoms with van der Waals surface area (Å²) in [6.07, 6.45) is 3.67. The first-order valence-electron chi connectivity index (χ1n) is 10.7. The number of carbonyl (C=O) groups is 2. The van der Waals surface area contributed by atoms with E-state index < -0.39 is 0 Å². The van der Waals surface area contributed by atoms with E-state index in [9.17, 15) is 9.59 Å². The topological polar surface area (TPSA) is 101 Å². The Morgan fingerprint density at radius 3 is 2.53 bits per heavy atom. The molecule has 0 unspecified atom stereocenters. The van der Waals surface area contributed by atoms with Gasteiger partial charge in [-0.25, -0.2) is 9.67 Å². The molecule has 3 N–H and O–H groups in total. The molecule has 0 atom stereocenters. The van der Waals surface area contributed by atoms with Gasteiger partial charge in [0, 0.05) is 17.3 Å². The average Bonchev–Trinajstić information content (AvgIpc) is 3.38. The van der Waals surface area contributed by atoms with E-state index >= 15 is 0 Å². The molecule has 34 heavy (non-hydrogen) atoms. The Kier molecular flexibility index (Phi) is 7.52. The number of rotatable bonds is 9. The van der Waals surface area contributed by atoms with Crippen LogP contribution < -0.4 is 16.0 Å². The summed E-state index contributed by atoms with van der Waals surface area (Å²) >= 11 is 6.11. The van der Waals surface area contributed by atoms with E-state index in [4.69, 9.17) is 11.6 Å². The Bertz CT molecular complexity index is 1260. The molecule has 0 aliphatic rings. The molecule has 0 fully saturated rings. The van der Waals surface area contributed by atoms with Crippen LogP contribution >= 0.6 is 11.6 Å². The van der Waals surface area contributed by atoms with Crippen LogP contribution in [0.15, 0.2) is 85.5 Å². The molecule has 0 saturated carbocycles. The zero-order valence-corrected chi connectivity index (χ0v) is 19.0. The van der Waals surface area contributed by atoms with Crippen LogP contribution in [0.25, 0.3) is 5.69 Å². The summed E-state index contributed by atoms with van der Waals surface area (Å²) in [6.45, 7) is 0.467. The Hall–Kier alpha value is -4.17. The molecule has 1 aromatic heterocycles. The molecule has 8 nitrogen and oxygen atoms in total. The molecule has 0 bridgehead atoms. The van der Waals surface area contributed by atoms with Crippen molar-refractivity contribution < 1.29 is 9.59 Å². The van der Waals surface area contributed by atoms with Crippen LogP contribution in [0.1, 0.15) is 15.9 Å². The third kappa shape index (κ3) is 5.99. The van der Waals surface area contributed by atoms with Crippen LogP contribution in [-0.4, -0.2) is 39.7 Å². The van der Waals surface area contributed by atoms with Crippen LogP contribution in [-0.2, 0) is 11.2 Å². The molecular formula is C25H23ClN6O2. The predicted octanol–water partition coefficient (Wildman–Crippen LogP) is 3.94. The highest BCUT2D eigenvalue weighted by Gasteiger charge is 2.13. The zero-order valence-electron chi connectivity index (χ0n) is 18.2. The van der Waals surface area contributed by atoms with Crippen molar-refractivity contribution >= 4 is 34.8 Å². The lowest BCUT2D eigenvalue weighted by Gasteiger charge is -2.14. The minimum absolute atomic E-state index is 0.0440. The van der Waals surface area contributed by atoms with Gasteiger partial charge in [-0.2, -0.15) is 5.10 Å². The Balaban J connectivity index is 1.37. The van der Waals surface area contributed by atoms with Gasteiger partial charge in [-0.3, -0.25) is 9.59 Å². The molecular weight excluding hydrogens is 452 g/mol. The fraction of sp³-hybridized carbons (Fsp3) is 0.120. The Labute approximate surface area is 202 Å². The fourth-order valence-electron chi connectivity index (χ4n) is 3.41. The average molecular weight is 475 g/mol. The first-order chi connectivity index (χ1) is 16.6. The summed E-state index contributed by atoms with van der Waals surface area (Å²) in [5.41, 5.74) is 3.31. The quantitative estimate of drug-likeness (QED) is 0.341. The van der Waals surface area contributed by atoms with E-state index in [1.54, 1.807) is 42.5 Å². The third-order valence-electron chi connectivity index (χ3n) is 5.05. The summed E-state index contributed by atoms with van der Waals surface area (Å²) in [7, 11) is 0. The number of hydrogen-bond acceptors (Lipinski definition) is 5. The molecule has 4 rings (SSSR count). The van der Waals surface area contributed by atoms with Gasteiger partial charge in [0.05, 0.1) is 23.5 Å². The number of hydrogen-bond donors (Lipinski definition) is 3. The summed E-state index contributed by atoms with van der Waals surface area (Å²) in [5.74, 6) is -0.509. The van der Waals surface area contributed by atoms with Gasteiger partial charge >= 0.3 is 0 Å². The van der Waals surface area contributed by atoms with Crippen molar-refractivity contribution in [3.8, 4) is 5.69 Å². The van der Waals surface area contributed by atoms with Crippen molar-refractivity contribution in [3.05, 3.63) is 102 Å². The van der Waals surface area contributed by atoms with Gasteiger partial charge in [0.15, 0.2) is 0 Å². The molecule has 4 aromatic rings. The molecule has 2 amide bonds. The van der Waals surface area contributed by atoms with Crippen LogP contribution in [0, 0.1) is 0 Å². The smallest absolute Gasteiger partial charge is 0.253 e. The molecule has 1 heterocycles. The maximum absolute atomic E-state index is 12.7. The number of anilines is 2. The number of amides is 2. The number of nitrogens with zero attached hydrogens (tertiary/aromatic N) is 3. The van der Waals surface area contributed by atoms with Gasteiger partial charge in [-0.05, 0) is 42.3 Å². The van der Waals surface area contributed by atoms with Crippen molar-refractivity contribution in [2.45, 2.75) is 6.42 Å². The van der Waals surface area contributed by atoms with Crippen LogP contribution in [0.4, 0.5) is 11.4 Å². The summed E-state index contributed by atoms with van der Waals surface area (Å²) in [4.78, 5) is 29.3. The Morgan fingerprint density at radius 2 is 1.74 bits per heavy atom.